The standard InChI is InChI=1S/C16H28N4O/c1-12-10-14(17)16(21-3)11-15(12)20-8-4-13(5-9-20)19-7-6-18-2/h10-11,13,18-19H,4-9,17H2,1-3H3. The molecular weight excluding hydrogens is 264 g/mol. The van der Waals surface area contributed by atoms with Crippen LogP contribution in [0.5, 0.6) is 5.75 Å². The maximum Gasteiger partial charge on any atom is 0.143 e. The molecule has 0 aromatic heterocycles. The van der Waals surface area contributed by atoms with Gasteiger partial charge in [0.2, 0.25) is 0 Å². The molecule has 0 aliphatic carbocycles. The summed E-state index contributed by atoms with van der Waals surface area (Å²) < 4.78 is 5.35. The minimum atomic E-state index is 0.630. The SMILES string of the molecule is CNCCNC1CCN(c2cc(OC)c(N)cc2C)CC1. The minimum Gasteiger partial charge on any atom is -0.495 e. The molecule has 0 radical (unpaired) electrons. The van der Waals surface area contributed by atoms with Gasteiger partial charge in [0.1, 0.15) is 5.75 Å². The Bertz CT molecular complexity index is 456. The van der Waals surface area contributed by atoms with Crippen LogP contribution in [0, 0.1) is 6.92 Å². The molecule has 1 aromatic rings. The van der Waals surface area contributed by atoms with E-state index >= 15 is 0 Å². The van der Waals surface area contributed by atoms with Gasteiger partial charge in [-0.2, -0.15) is 0 Å². The fourth-order valence-electron chi connectivity index (χ4n) is 2.94. The van der Waals surface area contributed by atoms with Gasteiger partial charge in [-0.1, -0.05) is 0 Å². The molecule has 5 nitrogen and oxygen atoms in total. The summed E-state index contributed by atoms with van der Waals surface area (Å²) in [4.78, 5) is 2.44. The number of nitrogens with two attached hydrogens (primary N) is 1. The maximum absolute atomic E-state index is 5.96. The van der Waals surface area contributed by atoms with Crippen LogP contribution in [0.25, 0.3) is 0 Å². The van der Waals surface area contributed by atoms with Crippen molar-refractivity contribution in [2.75, 3.05) is 51.0 Å². The Kier molecular flexibility index (Phi) is 5.70. The predicted molar refractivity (Wildman–Crippen MR) is 89.3 cm³/mol. The van der Waals surface area contributed by atoms with Crippen molar-refractivity contribution in [1.29, 1.82) is 0 Å². The second kappa shape index (κ2) is 7.52. The molecule has 0 spiro atoms. The number of piperidine rings is 1. The number of nitrogen functional groups attached to an aromatic ring is 1. The summed E-state index contributed by atoms with van der Waals surface area (Å²) >= 11 is 0. The smallest absolute Gasteiger partial charge is 0.143 e. The lowest BCUT2D eigenvalue weighted by Gasteiger charge is -2.35. The average Bonchev–Trinajstić information content (AvgIpc) is 2.49. The Morgan fingerprint density at radius 3 is 2.62 bits per heavy atom. The fraction of sp³-hybridized carbons (Fsp3) is 0.625. The van der Waals surface area contributed by atoms with Crippen molar-refractivity contribution in [3.63, 3.8) is 0 Å². The first-order chi connectivity index (χ1) is 10.2. The molecule has 1 aromatic carbocycles. The van der Waals surface area contributed by atoms with E-state index in [9.17, 15) is 0 Å². The molecular formula is C16H28N4O. The second-order valence-electron chi connectivity index (χ2n) is 5.70. The number of nitrogens with one attached hydrogen (secondary N) is 2. The number of benzene rings is 1. The van der Waals surface area contributed by atoms with E-state index < -0.39 is 0 Å². The molecule has 21 heavy (non-hydrogen) atoms. The number of hydrogen-bond donors (Lipinski definition) is 3. The topological polar surface area (TPSA) is 62.5 Å². The number of aryl methyl sites for hydroxylation is 1. The average molecular weight is 292 g/mol. The molecule has 4 N–H and O–H groups in total. The summed E-state index contributed by atoms with van der Waals surface area (Å²) in [6.07, 6.45) is 2.35. The Morgan fingerprint density at radius 2 is 2.00 bits per heavy atom. The van der Waals surface area contributed by atoms with Crippen LogP contribution in [0.4, 0.5) is 11.4 Å². The largest absolute Gasteiger partial charge is 0.495 e. The number of hydrogen-bond acceptors (Lipinski definition) is 5. The Morgan fingerprint density at radius 1 is 1.29 bits per heavy atom. The van der Waals surface area contributed by atoms with Crippen LogP contribution in [-0.4, -0.2) is 46.4 Å². The van der Waals surface area contributed by atoms with Gasteiger partial charge >= 0.3 is 0 Å². The van der Waals surface area contributed by atoms with Crippen LogP contribution < -0.4 is 26.0 Å². The molecule has 1 heterocycles. The van der Waals surface area contributed by atoms with Gasteiger partial charge in [-0.05, 0) is 38.4 Å². The van der Waals surface area contributed by atoms with Crippen LogP contribution in [0.2, 0.25) is 0 Å². The van der Waals surface area contributed by atoms with E-state index in [0.717, 1.165) is 31.9 Å². The summed E-state index contributed by atoms with van der Waals surface area (Å²) in [6.45, 7) is 6.32. The monoisotopic (exact) mass is 292 g/mol. The number of ether oxygens (including phenoxy) is 1. The Balaban J connectivity index is 1.96. The van der Waals surface area contributed by atoms with Crippen LogP contribution in [-0.2, 0) is 0 Å². The number of anilines is 2. The molecule has 118 valence electrons. The third-order valence-electron chi connectivity index (χ3n) is 4.19. The van der Waals surface area contributed by atoms with Crippen LogP contribution in [0.3, 0.4) is 0 Å². The molecule has 1 aliphatic heterocycles. The van der Waals surface area contributed by atoms with Crippen LogP contribution in [0.1, 0.15) is 18.4 Å². The third kappa shape index (κ3) is 4.02. The van der Waals surface area contributed by atoms with Crippen molar-refractivity contribution in [3.8, 4) is 5.75 Å². The summed E-state index contributed by atoms with van der Waals surface area (Å²) in [5.41, 5.74) is 9.13. The summed E-state index contributed by atoms with van der Waals surface area (Å²) in [6, 6.07) is 4.70. The van der Waals surface area contributed by atoms with Crippen molar-refractivity contribution in [1.82, 2.24) is 10.6 Å². The number of rotatable bonds is 6. The van der Waals surface area contributed by atoms with E-state index in [2.05, 4.69) is 28.5 Å². The highest BCUT2D eigenvalue weighted by molar-refractivity contribution is 5.66. The Hall–Kier alpha value is -1.46. The quantitative estimate of drug-likeness (QED) is 0.546. The van der Waals surface area contributed by atoms with E-state index in [1.54, 1.807) is 7.11 Å². The first-order valence-corrected chi connectivity index (χ1v) is 7.72. The summed E-state index contributed by atoms with van der Waals surface area (Å²) in [5, 5.41) is 6.78. The minimum absolute atomic E-state index is 0.630. The lowest BCUT2D eigenvalue weighted by molar-refractivity contribution is 0.410. The van der Waals surface area contributed by atoms with Crippen LogP contribution in [0.15, 0.2) is 12.1 Å². The number of nitrogens with zero attached hydrogens (tertiary/aromatic N) is 1. The van der Waals surface area contributed by atoms with Gasteiger partial charge in [-0.15, -0.1) is 0 Å². The third-order valence-corrected chi connectivity index (χ3v) is 4.19. The summed E-state index contributed by atoms with van der Waals surface area (Å²) in [7, 11) is 3.66. The molecule has 1 aliphatic rings. The molecule has 0 unspecified atom stereocenters. The van der Waals surface area contributed by atoms with E-state index in [0.29, 0.717) is 11.7 Å². The first kappa shape index (κ1) is 15.9. The number of likely N-dealkylation sites (N-methyl/N-ethyl adjacent to an activating group) is 1. The highest BCUT2D eigenvalue weighted by Crippen LogP contribution is 2.32. The molecule has 0 bridgehead atoms. The molecule has 0 atom stereocenters. The van der Waals surface area contributed by atoms with Crippen molar-refractivity contribution >= 4 is 11.4 Å². The van der Waals surface area contributed by atoms with Crippen molar-refractivity contribution in [3.05, 3.63) is 17.7 Å². The van der Waals surface area contributed by atoms with E-state index in [1.165, 1.54) is 24.1 Å². The Labute approximate surface area is 127 Å². The lowest BCUT2D eigenvalue weighted by Crippen LogP contribution is -2.44. The highest BCUT2D eigenvalue weighted by atomic mass is 16.5. The fourth-order valence-corrected chi connectivity index (χ4v) is 2.94. The van der Waals surface area contributed by atoms with Crippen molar-refractivity contribution in [2.24, 2.45) is 0 Å². The molecule has 1 saturated heterocycles. The lowest BCUT2D eigenvalue weighted by atomic mass is 10.0. The molecule has 0 amide bonds. The van der Waals surface area contributed by atoms with Gasteiger partial charge in [-0.25, -0.2) is 0 Å². The van der Waals surface area contributed by atoms with Gasteiger partial charge < -0.3 is 26.0 Å². The van der Waals surface area contributed by atoms with Crippen molar-refractivity contribution in [2.45, 2.75) is 25.8 Å². The maximum atomic E-state index is 5.96. The zero-order valence-corrected chi connectivity index (χ0v) is 13.4. The predicted octanol–water partition coefficient (Wildman–Crippen LogP) is 1.36. The first-order valence-electron chi connectivity index (χ1n) is 7.72. The highest BCUT2D eigenvalue weighted by Gasteiger charge is 2.20. The van der Waals surface area contributed by atoms with Gasteiger partial charge in [0, 0.05) is 44.0 Å². The second-order valence-corrected chi connectivity index (χ2v) is 5.70. The molecule has 1 fully saturated rings. The van der Waals surface area contributed by atoms with Crippen LogP contribution >= 0.6 is 0 Å². The molecule has 2 rings (SSSR count). The zero-order chi connectivity index (χ0) is 15.2. The molecule has 0 saturated carbocycles. The van der Waals surface area contributed by atoms with Gasteiger partial charge in [-0.3, -0.25) is 0 Å². The zero-order valence-electron chi connectivity index (χ0n) is 13.4. The summed E-state index contributed by atoms with van der Waals surface area (Å²) in [5.74, 6) is 0.768. The van der Waals surface area contributed by atoms with Gasteiger partial charge in [0.25, 0.3) is 0 Å². The van der Waals surface area contributed by atoms with E-state index in [4.69, 9.17) is 10.5 Å². The molecule has 5 heteroatoms. The van der Waals surface area contributed by atoms with E-state index in [-0.39, 0.29) is 0 Å². The van der Waals surface area contributed by atoms with Gasteiger partial charge in [0.05, 0.1) is 12.8 Å². The number of methoxy groups -OCH3 is 1. The van der Waals surface area contributed by atoms with Gasteiger partial charge in [0.15, 0.2) is 0 Å². The van der Waals surface area contributed by atoms with Crippen molar-refractivity contribution < 1.29 is 4.74 Å². The van der Waals surface area contributed by atoms with E-state index in [1.807, 2.05) is 13.1 Å². The normalized spacial score (nSPS) is 16.2.